The third-order valence-electron chi connectivity index (χ3n) is 3.19. The van der Waals surface area contributed by atoms with Crippen LogP contribution >= 0.6 is 23.4 Å². The number of rotatable bonds is 5. The summed E-state index contributed by atoms with van der Waals surface area (Å²) >= 11 is 7.29. The number of halogens is 1. The second kappa shape index (κ2) is 6.85. The van der Waals surface area contributed by atoms with E-state index in [1.807, 2.05) is 42.5 Å². The van der Waals surface area contributed by atoms with Gasteiger partial charge in [-0.2, -0.15) is 0 Å². The highest BCUT2D eigenvalue weighted by molar-refractivity contribution is 8.00. The summed E-state index contributed by atoms with van der Waals surface area (Å²) in [4.78, 5) is 11.9. The average molecular weight is 345 g/mol. The Morgan fingerprint density at radius 1 is 1.17 bits per heavy atom. The molecule has 2 aromatic carbocycles. The second-order valence-corrected chi connectivity index (χ2v) is 6.28. The van der Waals surface area contributed by atoms with E-state index in [2.05, 4.69) is 10.2 Å². The van der Waals surface area contributed by atoms with Crippen molar-refractivity contribution in [3.8, 4) is 5.69 Å². The summed E-state index contributed by atoms with van der Waals surface area (Å²) in [5.74, 6) is -0.429. The molecule has 7 heteroatoms. The lowest BCUT2D eigenvalue weighted by atomic mass is 10.1. The van der Waals surface area contributed by atoms with Gasteiger partial charge in [-0.25, -0.2) is 0 Å². The van der Waals surface area contributed by atoms with Crippen molar-refractivity contribution in [2.75, 3.05) is 0 Å². The average Bonchev–Trinajstić information content (AvgIpc) is 3.01. The molecule has 2 N–H and O–H groups in total. The van der Waals surface area contributed by atoms with Crippen molar-refractivity contribution in [2.24, 2.45) is 5.73 Å². The van der Waals surface area contributed by atoms with Gasteiger partial charge in [0.1, 0.15) is 11.6 Å². The highest BCUT2D eigenvalue weighted by atomic mass is 35.5. The molecule has 1 aromatic heterocycles. The van der Waals surface area contributed by atoms with Gasteiger partial charge < -0.3 is 5.73 Å². The molecule has 0 spiro atoms. The van der Waals surface area contributed by atoms with E-state index in [4.69, 9.17) is 17.3 Å². The van der Waals surface area contributed by atoms with Crippen molar-refractivity contribution in [1.82, 2.24) is 14.8 Å². The van der Waals surface area contributed by atoms with Crippen LogP contribution in [0.25, 0.3) is 5.69 Å². The Morgan fingerprint density at radius 2 is 1.96 bits per heavy atom. The van der Waals surface area contributed by atoms with E-state index in [0.717, 1.165) is 11.3 Å². The predicted octanol–water partition coefficient (Wildman–Crippen LogP) is 3.24. The number of hydrogen-bond acceptors (Lipinski definition) is 4. The summed E-state index contributed by atoms with van der Waals surface area (Å²) in [7, 11) is 0. The zero-order chi connectivity index (χ0) is 16.2. The lowest BCUT2D eigenvalue weighted by Gasteiger charge is -2.13. The molecule has 1 heterocycles. The minimum absolute atomic E-state index is 0.429. The summed E-state index contributed by atoms with van der Waals surface area (Å²) in [6.45, 7) is 0. The third kappa shape index (κ3) is 3.55. The monoisotopic (exact) mass is 344 g/mol. The van der Waals surface area contributed by atoms with Crippen LogP contribution in [0.2, 0.25) is 5.02 Å². The minimum Gasteiger partial charge on any atom is -0.368 e. The fourth-order valence-electron chi connectivity index (χ4n) is 2.13. The van der Waals surface area contributed by atoms with Crippen LogP contribution in [0, 0.1) is 0 Å². The zero-order valence-electron chi connectivity index (χ0n) is 12.0. The first-order chi connectivity index (χ1) is 11.1. The molecule has 0 saturated carbocycles. The number of benzene rings is 2. The largest absolute Gasteiger partial charge is 0.368 e. The molecule has 0 aliphatic rings. The van der Waals surface area contributed by atoms with Gasteiger partial charge in [0.25, 0.3) is 0 Å². The third-order valence-corrected chi connectivity index (χ3v) is 4.65. The van der Waals surface area contributed by atoms with Gasteiger partial charge in [0.05, 0.1) is 5.69 Å². The van der Waals surface area contributed by atoms with Crippen molar-refractivity contribution >= 4 is 29.3 Å². The number of thioether (sulfide) groups is 1. The van der Waals surface area contributed by atoms with Crippen LogP contribution in [0.15, 0.2) is 66.1 Å². The number of carbonyl (C=O) groups is 1. The number of amides is 1. The summed E-state index contributed by atoms with van der Waals surface area (Å²) in [6, 6.07) is 16.7. The molecule has 116 valence electrons. The maximum Gasteiger partial charge on any atom is 0.235 e. The molecular weight excluding hydrogens is 332 g/mol. The molecule has 0 aliphatic carbocycles. The Bertz CT molecular complexity index is 822. The molecule has 5 nitrogen and oxygen atoms in total. The summed E-state index contributed by atoms with van der Waals surface area (Å²) in [5.41, 5.74) is 7.21. The minimum atomic E-state index is -0.543. The summed E-state index contributed by atoms with van der Waals surface area (Å²) < 4.78 is 1.77. The number of nitrogens with two attached hydrogens (primary N) is 1. The molecule has 1 amide bonds. The van der Waals surface area contributed by atoms with Gasteiger partial charge in [-0.1, -0.05) is 59.8 Å². The van der Waals surface area contributed by atoms with Crippen molar-refractivity contribution < 1.29 is 4.79 Å². The summed E-state index contributed by atoms with van der Waals surface area (Å²) in [6.07, 6.45) is 1.58. The molecule has 3 rings (SSSR count). The van der Waals surface area contributed by atoms with Gasteiger partial charge in [0.15, 0.2) is 5.16 Å². The number of hydrogen-bond donors (Lipinski definition) is 1. The highest BCUT2D eigenvalue weighted by Crippen LogP contribution is 2.34. The Morgan fingerprint density at radius 3 is 2.65 bits per heavy atom. The SMILES string of the molecule is NC(=O)[C@@H](Sc1nncn1-c1cccc(Cl)c1)c1ccccc1. The molecule has 0 aliphatic heterocycles. The zero-order valence-corrected chi connectivity index (χ0v) is 13.5. The predicted molar refractivity (Wildman–Crippen MR) is 90.6 cm³/mol. The highest BCUT2D eigenvalue weighted by Gasteiger charge is 2.22. The van der Waals surface area contributed by atoms with E-state index >= 15 is 0 Å². The van der Waals surface area contributed by atoms with Crippen molar-refractivity contribution in [3.05, 3.63) is 71.5 Å². The van der Waals surface area contributed by atoms with Crippen LogP contribution in [0.1, 0.15) is 10.8 Å². The molecule has 0 bridgehead atoms. The van der Waals surface area contributed by atoms with Crippen molar-refractivity contribution in [2.45, 2.75) is 10.4 Å². The van der Waals surface area contributed by atoms with E-state index in [1.165, 1.54) is 11.8 Å². The van der Waals surface area contributed by atoms with E-state index in [1.54, 1.807) is 23.0 Å². The van der Waals surface area contributed by atoms with Gasteiger partial charge in [-0.05, 0) is 23.8 Å². The Hall–Kier alpha value is -2.31. The molecule has 3 aromatic rings. The molecule has 23 heavy (non-hydrogen) atoms. The fraction of sp³-hybridized carbons (Fsp3) is 0.0625. The van der Waals surface area contributed by atoms with E-state index in [9.17, 15) is 4.79 Å². The second-order valence-electron chi connectivity index (χ2n) is 4.77. The van der Waals surface area contributed by atoms with Gasteiger partial charge in [0, 0.05) is 5.02 Å². The van der Waals surface area contributed by atoms with E-state index < -0.39 is 11.2 Å². The van der Waals surface area contributed by atoms with E-state index in [0.29, 0.717) is 10.2 Å². The number of carbonyl (C=O) groups excluding carboxylic acids is 1. The number of primary amides is 1. The van der Waals surface area contributed by atoms with Crippen LogP contribution in [0.5, 0.6) is 0 Å². The molecule has 0 unspecified atom stereocenters. The normalized spacial score (nSPS) is 12.0. The van der Waals surface area contributed by atoms with Crippen LogP contribution in [0.3, 0.4) is 0 Å². The van der Waals surface area contributed by atoms with Crippen molar-refractivity contribution in [3.63, 3.8) is 0 Å². The lowest BCUT2D eigenvalue weighted by molar-refractivity contribution is -0.117. The van der Waals surface area contributed by atoms with Gasteiger partial charge >= 0.3 is 0 Å². The van der Waals surface area contributed by atoms with Crippen LogP contribution in [-0.2, 0) is 4.79 Å². The van der Waals surface area contributed by atoms with Crippen LogP contribution < -0.4 is 5.73 Å². The number of aromatic nitrogens is 3. The smallest absolute Gasteiger partial charge is 0.235 e. The van der Waals surface area contributed by atoms with Crippen LogP contribution in [-0.4, -0.2) is 20.7 Å². The van der Waals surface area contributed by atoms with Gasteiger partial charge in [0.2, 0.25) is 5.91 Å². The topological polar surface area (TPSA) is 73.8 Å². The van der Waals surface area contributed by atoms with Crippen molar-refractivity contribution in [1.29, 1.82) is 0 Å². The van der Waals surface area contributed by atoms with Crippen LogP contribution in [0.4, 0.5) is 0 Å². The molecule has 0 radical (unpaired) electrons. The quantitative estimate of drug-likeness (QED) is 0.721. The number of nitrogens with zero attached hydrogens (tertiary/aromatic N) is 3. The van der Waals surface area contributed by atoms with E-state index in [-0.39, 0.29) is 0 Å². The first kappa shape index (κ1) is 15.6. The Balaban J connectivity index is 1.94. The molecule has 1 atom stereocenters. The molecule has 0 saturated heterocycles. The fourth-order valence-corrected chi connectivity index (χ4v) is 3.30. The molecule has 0 fully saturated rings. The summed E-state index contributed by atoms with van der Waals surface area (Å²) in [5, 5.41) is 8.66. The first-order valence-corrected chi connectivity index (χ1v) is 8.08. The maximum atomic E-state index is 11.9. The first-order valence-electron chi connectivity index (χ1n) is 6.82. The Kier molecular flexibility index (Phi) is 4.64. The van der Waals surface area contributed by atoms with Gasteiger partial charge in [-0.15, -0.1) is 10.2 Å². The lowest BCUT2D eigenvalue weighted by Crippen LogP contribution is -2.19. The van der Waals surface area contributed by atoms with Gasteiger partial charge in [-0.3, -0.25) is 9.36 Å². The standard InChI is InChI=1S/C16H13ClN4OS/c17-12-7-4-8-13(9-12)21-10-19-20-16(21)23-14(15(18)22)11-5-2-1-3-6-11/h1-10,14H,(H2,18,22)/t14-/m0/s1. The maximum absolute atomic E-state index is 11.9. The molecular formula is C16H13ClN4OS. The Labute approximate surface area is 142 Å².